The van der Waals surface area contributed by atoms with Crippen molar-refractivity contribution in [1.82, 2.24) is 15.1 Å². The molecule has 1 aromatic carbocycles. The van der Waals surface area contributed by atoms with Crippen molar-refractivity contribution in [3.05, 3.63) is 42.4 Å². The van der Waals surface area contributed by atoms with Crippen LogP contribution < -0.4 is 5.73 Å². The third-order valence-electron chi connectivity index (χ3n) is 3.85. The fourth-order valence-corrected chi connectivity index (χ4v) is 2.20. The van der Waals surface area contributed by atoms with Gasteiger partial charge in [0.1, 0.15) is 0 Å². The molecule has 0 saturated heterocycles. The first-order valence-corrected chi connectivity index (χ1v) is 7.13. The summed E-state index contributed by atoms with van der Waals surface area (Å²) in [5.74, 6) is 1.36. The Morgan fingerprint density at radius 1 is 1.29 bits per heavy atom. The molecule has 2 atom stereocenters. The molecule has 2 aromatic heterocycles. The van der Waals surface area contributed by atoms with E-state index in [9.17, 15) is 0 Å². The van der Waals surface area contributed by atoms with Gasteiger partial charge in [0.15, 0.2) is 0 Å². The van der Waals surface area contributed by atoms with E-state index in [4.69, 9.17) is 10.3 Å². The molecule has 5 nitrogen and oxygen atoms in total. The van der Waals surface area contributed by atoms with Crippen LogP contribution >= 0.6 is 0 Å². The Kier molecular flexibility index (Phi) is 3.66. The third-order valence-corrected chi connectivity index (χ3v) is 3.85. The second-order valence-electron chi connectivity index (χ2n) is 5.28. The minimum Gasteiger partial charge on any atom is -0.337 e. The van der Waals surface area contributed by atoms with Crippen molar-refractivity contribution in [3.63, 3.8) is 0 Å². The number of fused-ring (bicyclic) bond motifs is 1. The molecule has 2 N–H and O–H groups in total. The minimum absolute atomic E-state index is 0.224. The maximum Gasteiger partial charge on any atom is 0.244 e. The molecule has 0 fully saturated rings. The van der Waals surface area contributed by atoms with Crippen molar-refractivity contribution >= 4 is 10.9 Å². The number of pyridine rings is 1. The van der Waals surface area contributed by atoms with Crippen molar-refractivity contribution in [2.45, 2.75) is 26.3 Å². The number of nitrogens with zero attached hydrogens (tertiary/aromatic N) is 3. The van der Waals surface area contributed by atoms with Crippen LogP contribution in [0.2, 0.25) is 0 Å². The van der Waals surface area contributed by atoms with Gasteiger partial charge in [0.05, 0.1) is 11.6 Å². The summed E-state index contributed by atoms with van der Waals surface area (Å²) in [6.45, 7) is 4.17. The van der Waals surface area contributed by atoms with Crippen molar-refractivity contribution in [1.29, 1.82) is 0 Å². The topological polar surface area (TPSA) is 77.8 Å². The largest absolute Gasteiger partial charge is 0.337 e. The van der Waals surface area contributed by atoms with Crippen LogP contribution in [0.25, 0.3) is 22.3 Å². The zero-order valence-electron chi connectivity index (χ0n) is 12.2. The van der Waals surface area contributed by atoms with Crippen LogP contribution in [0.1, 0.15) is 32.2 Å². The number of benzene rings is 1. The van der Waals surface area contributed by atoms with Crippen molar-refractivity contribution in [2.24, 2.45) is 11.7 Å². The van der Waals surface area contributed by atoms with Gasteiger partial charge < -0.3 is 10.3 Å². The number of hydrogen-bond acceptors (Lipinski definition) is 5. The molecule has 0 radical (unpaired) electrons. The summed E-state index contributed by atoms with van der Waals surface area (Å²) >= 11 is 0. The van der Waals surface area contributed by atoms with Crippen LogP contribution in [-0.2, 0) is 0 Å². The second kappa shape index (κ2) is 5.61. The van der Waals surface area contributed by atoms with Crippen molar-refractivity contribution in [3.8, 4) is 11.4 Å². The molecule has 0 amide bonds. The molecule has 0 aliphatic heterocycles. The molecule has 2 heterocycles. The lowest BCUT2D eigenvalue weighted by Crippen LogP contribution is -2.18. The van der Waals surface area contributed by atoms with Gasteiger partial charge in [-0.1, -0.05) is 31.5 Å². The molecule has 108 valence electrons. The maximum atomic E-state index is 6.12. The van der Waals surface area contributed by atoms with E-state index in [0.717, 1.165) is 22.9 Å². The first kappa shape index (κ1) is 13.7. The van der Waals surface area contributed by atoms with Gasteiger partial charge in [-0.15, -0.1) is 0 Å². The van der Waals surface area contributed by atoms with Crippen molar-refractivity contribution in [2.75, 3.05) is 0 Å². The SMILES string of the molecule is CC[C@H](C)[C@H](N)c1nc(-c2ccc3ncccc3c2)no1. The monoisotopic (exact) mass is 282 g/mol. The van der Waals surface area contributed by atoms with Crippen LogP contribution in [0.15, 0.2) is 41.1 Å². The first-order chi connectivity index (χ1) is 10.2. The van der Waals surface area contributed by atoms with Gasteiger partial charge in [-0.3, -0.25) is 4.98 Å². The molecule has 0 aliphatic rings. The summed E-state index contributed by atoms with van der Waals surface area (Å²) in [6, 6.07) is 9.60. The van der Waals surface area contributed by atoms with E-state index in [0.29, 0.717) is 17.6 Å². The van der Waals surface area contributed by atoms with Gasteiger partial charge in [0.2, 0.25) is 11.7 Å². The van der Waals surface area contributed by atoms with E-state index < -0.39 is 0 Å². The second-order valence-corrected chi connectivity index (χ2v) is 5.28. The summed E-state index contributed by atoms with van der Waals surface area (Å²) in [5, 5.41) is 5.09. The Morgan fingerprint density at radius 2 is 2.14 bits per heavy atom. The van der Waals surface area contributed by atoms with Gasteiger partial charge in [0.25, 0.3) is 0 Å². The zero-order valence-corrected chi connectivity index (χ0v) is 12.2. The summed E-state index contributed by atoms with van der Waals surface area (Å²) < 4.78 is 5.31. The fourth-order valence-electron chi connectivity index (χ4n) is 2.20. The number of hydrogen-bond donors (Lipinski definition) is 1. The number of rotatable bonds is 4. The van der Waals surface area contributed by atoms with E-state index in [2.05, 4.69) is 29.0 Å². The summed E-state index contributed by atoms with van der Waals surface area (Å²) in [5.41, 5.74) is 7.97. The molecule has 0 unspecified atom stereocenters. The van der Waals surface area contributed by atoms with Crippen LogP contribution in [-0.4, -0.2) is 15.1 Å². The molecule has 3 rings (SSSR count). The molecular weight excluding hydrogens is 264 g/mol. The van der Waals surface area contributed by atoms with E-state index in [1.54, 1.807) is 6.20 Å². The first-order valence-electron chi connectivity index (χ1n) is 7.13. The Labute approximate surface area is 123 Å². The van der Waals surface area contributed by atoms with Gasteiger partial charge >= 0.3 is 0 Å². The number of aromatic nitrogens is 3. The van der Waals surface area contributed by atoms with Crippen LogP contribution in [0.5, 0.6) is 0 Å². The lowest BCUT2D eigenvalue weighted by Gasteiger charge is -2.12. The third kappa shape index (κ3) is 2.64. The molecule has 0 bridgehead atoms. The predicted octanol–water partition coefficient (Wildman–Crippen LogP) is 3.33. The van der Waals surface area contributed by atoms with Gasteiger partial charge in [-0.25, -0.2) is 0 Å². The lowest BCUT2D eigenvalue weighted by molar-refractivity contribution is 0.312. The van der Waals surface area contributed by atoms with Crippen molar-refractivity contribution < 1.29 is 4.52 Å². The molecule has 0 spiro atoms. The predicted molar refractivity (Wildman–Crippen MR) is 81.4 cm³/mol. The summed E-state index contributed by atoms with van der Waals surface area (Å²) in [4.78, 5) is 8.73. The van der Waals surface area contributed by atoms with Gasteiger partial charge in [0, 0.05) is 17.1 Å². The molecule has 0 saturated carbocycles. The molecule has 3 aromatic rings. The molecule has 0 aliphatic carbocycles. The smallest absolute Gasteiger partial charge is 0.244 e. The Morgan fingerprint density at radius 3 is 2.95 bits per heavy atom. The molecule has 21 heavy (non-hydrogen) atoms. The average Bonchev–Trinajstić information content (AvgIpc) is 3.02. The number of nitrogens with two attached hydrogens (primary N) is 1. The van der Waals surface area contributed by atoms with Crippen LogP contribution in [0.4, 0.5) is 0 Å². The zero-order chi connectivity index (χ0) is 14.8. The molecular formula is C16H18N4O. The highest BCUT2D eigenvalue weighted by Gasteiger charge is 2.20. The average molecular weight is 282 g/mol. The van der Waals surface area contributed by atoms with Gasteiger partial charge in [-0.05, 0) is 30.2 Å². The van der Waals surface area contributed by atoms with E-state index in [1.165, 1.54) is 0 Å². The highest BCUT2D eigenvalue weighted by Crippen LogP contribution is 2.25. The Hall–Kier alpha value is -2.27. The maximum absolute atomic E-state index is 6.12. The minimum atomic E-state index is -0.224. The van der Waals surface area contributed by atoms with E-state index >= 15 is 0 Å². The quantitative estimate of drug-likeness (QED) is 0.794. The highest BCUT2D eigenvalue weighted by molar-refractivity contribution is 5.82. The van der Waals surface area contributed by atoms with Gasteiger partial charge in [-0.2, -0.15) is 4.98 Å². The molecule has 5 heteroatoms. The normalized spacial score (nSPS) is 14.2. The van der Waals surface area contributed by atoms with E-state index in [-0.39, 0.29) is 6.04 Å². The lowest BCUT2D eigenvalue weighted by atomic mass is 10.0. The van der Waals surface area contributed by atoms with Crippen LogP contribution in [0.3, 0.4) is 0 Å². The van der Waals surface area contributed by atoms with Crippen LogP contribution in [0, 0.1) is 5.92 Å². The Bertz CT molecular complexity index is 753. The summed E-state index contributed by atoms with van der Waals surface area (Å²) in [6.07, 6.45) is 2.75. The highest BCUT2D eigenvalue weighted by atomic mass is 16.5. The Balaban J connectivity index is 1.94. The summed E-state index contributed by atoms with van der Waals surface area (Å²) in [7, 11) is 0. The fraction of sp³-hybridized carbons (Fsp3) is 0.312. The standard InChI is InChI=1S/C16H18N4O/c1-3-10(2)14(17)16-19-15(20-21-16)12-6-7-13-11(9-12)5-4-8-18-13/h4-10,14H,3,17H2,1-2H3/t10-,14-/m0/s1. The van der Waals surface area contributed by atoms with E-state index in [1.807, 2.05) is 30.3 Å².